The molecule has 5 heteroatoms. The highest BCUT2D eigenvalue weighted by Crippen LogP contribution is 2.31. The van der Waals surface area contributed by atoms with E-state index in [0.29, 0.717) is 22.7 Å². The normalized spacial score (nSPS) is 9.74. The minimum Gasteiger partial charge on any atom is -0.497 e. The van der Waals surface area contributed by atoms with Crippen LogP contribution in [0.25, 0.3) is 0 Å². The molecule has 0 saturated carbocycles. The molecule has 0 atom stereocenters. The predicted octanol–water partition coefficient (Wildman–Crippen LogP) is 3.08. The Balaban J connectivity index is 2.38. The van der Waals surface area contributed by atoms with Gasteiger partial charge in [-0.25, -0.2) is 4.39 Å². The molecule has 0 unspecified atom stereocenters. The average Bonchev–Trinajstić information content (AvgIpc) is 2.42. The van der Waals surface area contributed by atoms with Crippen molar-refractivity contribution >= 4 is 5.69 Å². The van der Waals surface area contributed by atoms with Gasteiger partial charge in [0, 0.05) is 12.1 Å². The molecule has 4 nitrogen and oxygen atoms in total. The Morgan fingerprint density at radius 1 is 1.16 bits per heavy atom. The van der Waals surface area contributed by atoms with Crippen LogP contribution < -0.4 is 15.2 Å². The summed E-state index contributed by atoms with van der Waals surface area (Å²) in [6.45, 7) is 0. The monoisotopic (exact) mass is 258 g/mol. The second-order valence-electron chi connectivity index (χ2n) is 3.79. The molecule has 19 heavy (non-hydrogen) atoms. The zero-order chi connectivity index (χ0) is 13.8. The Morgan fingerprint density at radius 2 is 1.89 bits per heavy atom. The molecule has 0 heterocycles. The van der Waals surface area contributed by atoms with E-state index in [-0.39, 0.29) is 5.75 Å². The topological polar surface area (TPSA) is 68.3 Å². The molecule has 0 amide bonds. The van der Waals surface area contributed by atoms with Crippen molar-refractivity contribution in [3.8, 4) is 23.3 Å². The molecule has 0 aromatic heterocycles. The number of anilines is 1. The van der Waals surface area contributed by atoms with Gasteiger partial charge in [0.25, 0.3) is 0 Å². The van der Waals surface area contributed by atoms with E-state index in [2.05, 4.69) is 0 Å². The second-order valence-corrected chi connectivity index (χ2v) is 3.79. The summed E-state index contributed by atoms with van der Waals surface area (Å²) >= 11 is 0. The van der Waals surface area contributed by atoms with Crippen LogP contribution in [0.4, 0.5) is 10.1 Å². The third kappa shape index (κ3) is 2.93. The highest BCUT2D eigenvalue weighted by molar-refractivity contribution is 5.55. The van der Waals surface area contributed by atoms with E-state index < -0.39 is 5.82 Å². The molecular formula is C14H11FN2O2. The van der Waals surface area contributed by atoms with Gasteiger partial charge in [-0.2, -0.15) is 5.26 Å². The van der Waals surface area contributed by atoms with Gasteiger partial charge in [-0.15, -0.1) is 0 Å². The molecule has 0 bridgehead atoms. The summed E-state index contributed by atoms with van der Waals surface area (Å²) in [5.74, 6) is 0.571. The molecule has 0 aliphatic carbocycles. The van der Waals surface area contributed by atoms with E-state index in [1.807, 2.05) is 6.07 Å². The highest BCUT2D eigenvalue weighted by atomic mass is 19.1. The van der Waals surface area contributed by atoms with Gasteiger partial charge in [0.15, 0.2) is 5.75 Å². The van der Waals surface area contributed by atoms with Crippen molar-refractivity contribution in [2.45, 2.75) is 0 Å². The first-order valence-electron chi connectivity index (χ1n) is 5.44. The number of rotatable bonds is 3. The maximum absolute atomic E-state index is 13.1. The molecule has 0 aliphatic heterocycles. The lowest BCUT2D eigenvalue weighted by molar-refractivity contribution is 0.409. The van der Waals surface area contributed by atoms with Gasteiger partial charge in [0.2, 0.25) is 0 Å². The lowest BCUT2D eigenvalue weighted by Gasteiger charge is -2.10. The zero-order valence-electron chi connectivity index (χ0n) is 10.2. The number of nitriles is 1. The van der Waals surface area contributed by atoms with Crippen molar-refractivity contribution < 1.29 is 13.9 Å². The molecule has 0 saturated heterocycles. The third-order valence-corrected chi connectivity index (χ3v) is 2.45. The second kappa shape index (κ2) is 5.27. The van der Waals surface area contributed by atoms with E-state index in [4.69, 9.17) is 20.5 Å². The predicted molar refractivity (Wildman–Crippen MR) is 68.6 cm³/mol. The SMILES string of the molecule is COc1cc(C#N)cc(Oc2cc(F)ccc2N)c1. The number of ether oxygens (including phenoxy) is 2. The van der Waals surface area contributed by atoms with Crippen molar-refractivity contribution in [1.29, 1.82) is 5.26 Å². The number of nitrogens with zero attached hydrogens (tertiary/aromatic N) is 1. The molecular weight excluding hydrogens is 247 g/mol. The fourth-order valence-corrected chi connectivity index (χ4v) is 1.54. The lowest BCUT2D eigenvalue weighted by atomic mass is 10.2. The number of hydrogen-bond donors (Lipinski definition) is 1. The van der Waals surface area contributed by atoms with Gasteiger partial charge in [0.1, 0.15) is 17.3 Å². The fraction of sp³-hybridized carbons (Fsp3) is 0.0714. The summed E-state index contributed by atoms with van der Waals surface area (Å²) in [6, 6.07) is 10.5. The number of nitrogen functional groups attached to an aromatic ring is 1. The van der Waals surface area contributed by atoms with Crippen LogP contribution in [0.3, 0.4) is 0 Å². The minimum absolute atomic E-state index is 0.192. The quantitative estimate of drug-likeness (QED) is 0.859. The zero-order valence-corrected chi connectivity index (χ0v) is 10.2. The van der Waals surface area contributed by atoms with Crippen LogP contribution >= 0.6 is 0 Å². The molecule has 96 valence electrons. The van der Waals surface area contributed by atoms with Crippen molar-refractivity contribution in [3.63, 3.8) is 0 Å². The summed E-state index contributed by atoms with van der Waals surface area (Å²) in [5, 5.41) is 8.90. The summed E-state index contributed by atoms with van der Waals surface area (Å²) < 4.78 is 23.7. The van der Waals surface area contributed by atoms with E-state index in [0.717, 1.165) is 0 Å². The Labute approximate surface area is 109 Å². The Kier molecular flexibility index (Phi) is 3.53. The van der Waals surface area contributed by atoms with Crippen LogP contribution in [0.15, 0.2) is 36.4 Å². The van der Waals surface area contributed by atoms with Crippen LogP contribution in [0, 0.1) is 17.1 Å². The van der Waals surface area contributed by atoms with Gasteiger partial charge in [-0.1, -0.05) is 0 Å². The van der Waals surface area contributed by atoms with Gasteiger partial charge in [-0.05, 0) is 24.3 Å². The first-order valence-corrected chi connectivity index (χ1v) is 5.44. The van der Waals surface area contributed by atoms with E-state index in [1.165, 1.54) is 31.4 Å². The van der Waals surface area contributed by atoms with Crippen molar-refractivity contribution in [2.24, 2.45) is 0 Å². The van der Waals surface area contributed by atoms with Crippen molar-refractivity contribution in [3.05, 3.63) is 47.8 Å². The summed E-state index contributed by atoms with van der Waals surface area (Å²) in [6.07, 6.45) is 0. The number of nitrogens with two attached hydrogens (primary N) is 1. The minimum atomic E-state index is -0.451. The molecule has 2 rings (SSSR count). The van der Waals surface area contributed by atoms with Crippen molar-refractivity contribution in [1.82, 2.24) is 0 Å². The first kappa shape index (κ1) is 12.7. The maximum atomic E-state index is 13.1. The van der Waals surface area contributed by atoms with E-state index in [9.17, 15) is 4.39 Å². The first-order chi connectivity index (χ1) is 9.12. The van der Waals surface area contributed by atoms with Gasteiger partial charge >= 0.3 is 0 Å². The smallest absolute Gasteiger partial charge is 0.153 e. The van der Waals surface area contributed by atoms with E-state index in [1.54, 1.807) is 12.1 Å². The van der Waals surface area contributed by atoms with Crippen LogP contribution in [0.2, 0.25) is 0 Å². The summed E-state index contributed by atoms with van der Waals surface area (Å²) in [5.41, 5.74) is 6.38. The number of benzene rings is 2. The van der Waals surface area contributed by atoms with Crippen molar-refractivity contribution in [2.75, 3.05) is 12.8 Å². The van der Waals surface area contributed by atoms with Gasteiger partial charge < -0.3 is 15.2 Å². The molecule has 2 aromatic rings. The average molecular weight is 258 g/mol. The number of hydrogen-bond acceptors (Lipinski definition) is 4. The Bertz CT molecular complexity index is 650. The van der Waals surface area contributed by atoms with Crippen LogP contribution in [0.5, 0.6) is 17.2 Å². The molecule has 0 radical (unpaired) electrons. The van der Waals surface area contributed by atoms with Crippen LogP contribution in [0.1, 0.15) is 5.56 Å². The molecule has 2 aromatic carbocycles. The van der Waals surface area contributed by atoms with Crippen LogP contribution in [-0.2, 0) is 0 Å². The Morgan fingerprint density at radius 3 is 2.58 bits per heavy atom. The molecule has 0 fully saturated rings. The maximum Gasteiger partial charge on any atom is 0.153 e. The molecule has 0 aliphatic rings. The van der Waals surface area contributed by atoms with E-state index >= 15 is 0 Å². The Hall–Kier alpha value is -2.74. The highest BCUT2D eigenvalue weighted by Gasteiger charge is 2.07. The third-order valence-electron chi connectivity index (χ3n) is 2.45. The number of halogens is 1. The largest absolute Gasteiger partial charge is 0.497 e. The lowest BCUT2D eigenvalue weighted by Crippen LogP contribution is -1.94. The summed E-state index contributed by atoms with van der Waals surface area (Å²) in [4.78, 5) is 0. The summed E-state index contributed by atoms with van der Waals surface area (Å²) in [7, 11) is 1.48. The van der Waals surface area contributed by atoms with Gasteiger partial charge in [-0.3, -0.25) is 0 Å². The molecule has 0 spiro atoms. The van der Waals surface area contributed by atoms with Crippen LogP contribution in [-0.4, -0.2) is 7.11 Å². The number of methoxy groups -OCH3 is 1. The fourth-order valence-electron chi connectivity index (χ4n) is 1.54. The van der Waals surface area contributed by atoms with Gasteiger partial charge in [0.05, 0.1) is 24.4 Å². The standard InChI is InChI=1S/C14H11FN2O2/c1-18-11-4-9(8-16)5-12(7-11)19-14-6-10(15)2-3-13(14)17/h2-7H,17H2,1H3. The molecule has 2 N–H and O–H groups in total.